The third kappa shape index (κ3) is 2.98. The molecule has 0 amide bonds. The molecule has 108 valence electrons. The zero-order valence-electron chi connectivity index (χ0n) is 11.2. The number of carbonyl (C=O) groups is 1. The van der Waals surface area contributed by atoms with Gasteiger partial charge in [0.25, 0.3) is 6.43 Å². The fourth-order valence-electron chi connectivity index (χ4n) is 1.71. The Hall–Kier alpha value is -1.50. The number of carbonyl (C=O) groups excluding carboxylic acids is 1. The highest BCUT2D eigenvalue weighted by Gasteiger charge is 2.27. The molecule has 20 heavy (non-hydrogen) atoms. The predicted molar refractivity (Wildman–Crippen MR) is 74.0 cm³/mol. The highest BCUT2D eigenvalue weighted by molar-refractivity contribution is 9.10. The minimum atomic E-state index is -2.87. The van der Waals surface area contributed by atoms with E-state index in [-0.39, 0.29) is 5.52 Å². The molecule has 4 nitrogen and oxygen atoms in total. The number of fused-ring (bicyclic) bond motifs is 1. The third-order valence-electron chi connectivity index (χ3n) is 2.41. The van der Waals surface area contributed by atoms with Gasteiger partial charge in [0.15, 0.2) is 5.82 Å². The van der Waals surface area contributed by atoms with E-state index in [2.05, 4.69) is 20.9 Å². The standard InChI is InChI=1S/C13H13BrF2N2O2/c1-13(2,3)20-12(19)18-9-6-7(14)4-5-8(9)17-11(18)10(15)16/h4-6,10H,1-3H3. The van der Waals surface area contributed by atoms with Crippen molar-refractivity contribution in [2.75, 3.05) is 0 Å². The predicted octanol–water partition coefficient (Wildman–Crippen LogP) is 4.52. The van der Waals surface area contributed by atoms with E-state index in [1.54, 1.807) is 39.0 Å². The van der Waals surface area contributed by atoms with Crippen LogP contribution in [0.1, 0.15) is 33.0 Å². The van der Waals surface area contributed by atoms with Gasteiger partial charge in [-0.2, -0.15) is 0 Å². The molecule has 0 N–H and O–H groups in total. The van der Waals surface area contributed by atoms with Gasteiger partial charge in [-0.05, 0) is 39.0 Å². The molecule has 7 heteroatoms. The summed E-state index contributed by atoms with van der Waals surface area (Å²) in [6.07, 6.45) is -3.73. The number of hydrogen-bond acceptors (Lipinski definition) is 3. The lowest BCUT2D eigenvalue weighted by Crippen LogP contribution is -2.28. The van der Waals surface area contributed by atoms with Crippen molar-refractivity contribution >= 4 is 33.1 Å². The second-order valence-corrected chi connectivity index (χ2v) is 6.14. The molecule has 0 saturated carbocycles. The Morgan fingerprint density at radius 1 is 1.40 bits per heavy atom. The van der Waals surface area contributed by atoms with E-state index < -0.39 is 23.9 Å². The Kier molecular flexibility index (Phi) is 3.82. The van der Waals surface area contributed by atoms with Crippen LogP contribution in [0, 0.1) is 0 Å². The van der Waals surface area contributed by atoms with Crippen molar-refractivity contribution in [3.63, 3.8) is 0 Å². The lowest BCUT2D eigenvalue weighted by molar-refractivity contribution is 0.0506. The summed E-state index contributed by atoms with van der Waals surface area (Å²) in [5.41, 5.74) is -0.183. The Labute approximate surface area is 122 Å². The number of halogens is 3. The summed E-state index contributed by atoms with van der Waals surface area (Å²) in [4.78, 5) is 15.9. The highest BCUT2D eigenvalue weighted by Crippen LogP contribution is 2.27. The van der Waals surface area contributed by atoms with Gasteiger partial charge < -0.3 is 4.74 Å². The molecule has 0 fully saturated rings. The number of imidazole rings is 1. The number of aromatic nitrogens is 2. The Morgan fingerprint density at radius 3 is 2.60 bits per heavy atom. The van der Waals surface area contributed by atoms with Crippen LogP contribution in [-0.2, 0) is 4.74 Å². The molecular weight excluding hydrogens is 334 g/mol. The molecule has 0 aliphatic rings. The number of alkyl halides is 2. The smallest absolute Gasteiger partial charge is 0.420 e. The molecule has 0 saturated heterocycles. The molecule has 1 aromatic heterocycles. The van der Waals surface area contributed by atoms with Crippen molar-refractivity contribution in [2.45, 2.75) is 32.8 Å². The van der Waals surface area contributed by atoms with E-state index in [0.717, 1.165) is 4.57 Å². The van der Waals surface area contributed by atoms with E-state index in [4.69, 9.17) is 4.74 Å². The Morgan fingerprint density at radius 2 is 2.05 bits per heavy atom. The van der Waals surface area contributed by atoms with E-state index >= 15 is 0 Å². The van der Waals surface area contributed by atoms with E-state index in [0.29, 0.717) is 9.99 Å². The summed E-state index contributed by atoms with van der Waals surface area (Å²) in [6, 6.07) is 4.79. The van der Waals surface area contributed by atoms with Crippen molar-refractivity contribution in [2.24, 2.45) is 0 Å². The molecule has 2 rings (SSSR count). The van der Waals surface area contributed by atoms with Gasteiger partial charge in [-0.1, -0.05) is 15.9 Å². The first-order valence-corrected chi connectivity index (χ1v) is 6.68. The fraction of sp³-hybridized carbons (Fsp3) is 0.385. The number of ether oxygens (including phenoxy) is 1. The number of hydrogen-bond donors (Lipinski definition) is 0. The average Bonchev–Trinajstić information content (AvgIpc) is 2.65. The molecule has 0 atom stereocenters. The van der Waals surface area contributed by atoms with Crippen LogP contribution in [0.25, 0.3) is 11.0 Å². The Balaban J connectivity index is 2.62. The Bertz CT molecular complexity index is 662. The number of benzene rings is 1. The van der Waals surface area contributed by atoms with Gasteiger partial charge in [-0.15, -0.1) is 0 Å². The van der Waals surface area contributed by atoms with Gasteiger partial charge in [-0.3, -0.25) is 0 Å². The first-order valence-electron chi connectivity index (χ1n) is 5.88. The first kappa shape index (κ1) is 14.9. The lowest BCUT2D eigenvalue weighted by atomic mass is 10.2. The average molecular weight is 347 g/mol. The van der Waals surface area contributed by atoms with Gasteiger partial charge in [0.1, 0.15) is 5.60 Å². The van der Waals surface area contributed by atoms with Gasteiger partial charge in [0.2, 0.25) is 0 Å². The molecule has 0 radical (unpaired) electrons. The van der Waals surface area contributed by atoms with Gasteiger partial charge in [-0.25, -0.2) is 23.1 Å². The van der Waals surface area contributed by atoms with Gasteiger partial charge >= 0.3 is 6.09 Å². The van der Waals surface area contributed by atoms with Crippen molar-refractivity contribution in [3.05, 3.63) is 28.5 Å². The number of rotatable bonds is 1. The van der Waals surface area contributed by atoms with Crippen LogP contribution in [0.2, 0.25) is 0 Å². The minimum absolute atomic E-state index is 0.281. The maximum absolute atomic E-state index is 13.1. The summed E-state index contributed by atoms with van der Waals surface area (Å²) >= 11 is 3.24. The quantitative estimate of drug-likeness (QED) is 0.762. The molecule has 0 bridgehead atoms. The van der Waals surface area contributed by atoms with Crippen LogP contribution >= 0.6 is 15.9 Å². The molecule has 0 aliphatic carbocycles. The lowest BCUT2D eigenvalue weighted by Gasteiger charge is -2.20. The summed E-state index contributed by atoms with van der Waals surface area (Å²) in [6.45, 7) is 5.01. The topological polar surface area (TPSA) is 44.1 Å². The van der Waals surface area contributed by atoms with Crippen molar-refractivity contribution in [1.82, 2.24) is 9.55 Å². The minimum Gasteiger partial charge on any atom is -0.443 e. The normalized spacial score (nSPS) is 12.2. The largest absolute Gasteiger partial charge is 0.443 e. The van der Waals surface area contributed by atoms with Crippen LogP contribution in [0.15, 0.2) is 22.7 Å². The van der Waals surface area contributed by atoms with E-state index in [1.807, 2.05) is 0 Å². The second kappa shape index (κ2) is 5.12. The maximum Gasteiger partial charge on any atom is 0.420 e. The molecule has 0 aliphatic heterocycles. The van der Waals surface area contributed by atoms with Crippen LogP contribution in [0.5, 0.6) is 0 Å². The first-order chi connectivity index (χ1) is 9.19. The van der Waals surface area contributed by atoms with Gasteiger partial charge in [0.05, 0.1) is 11.0 Å². The van der Waals surface area contributed by atoms with Crippen molar-refractivity contribution < 1.29 is 18.3 Å². The summed E-state index contributed by atoms with van der Waals surface area (Å²) in [7, 11) is 0. The van der Waals surface area contributed by atoms with E-state index in [1.165, 1.54) is 0 Å². The fourth-order valence-corrected chi connectivity index (χ4v) is 2.06. The maximum atomic E-state index is 13.1. The third-order valence-corrected chi connectivity index (χ3v) is 2.91. The summed E-state index contributed by atoms with van der Waals surface area (Å²) in [5.74, 6) is -0.618. The van der Waals surface area contributed by atoms with E-state index in [9.17, 15) is 13.6 Å². The molecule has 1 heterocycles. The van der Waals surface area contributed by atoms with Crippen molar-refractivity contribution in [1.29, 1.82) is 0 Å². The molecule has 2 aromatic rings. The monoisotopic (exact) mass is 346 g/mol. The van der Waals surface area contributed by atoms with Crippen LogP contribution in [0.3, 0.4) is 0 Å². The van der Waals surface area contributed by atoms with Crippen LogP contribution in [-0.4, -0.2) is 21.2 Å². The SMILES string of the molecule is CC(C)(C)OC(=O)n1c(C(F)F)nc2ccc(Br)cc21. The molecular formula is C13H13BrF2N2O2. The zero-order valence-corrected chi connectivity index (χ0v) is 12.7. The van der Waals surface area contributed by atoms with Crippen molar-refractivity contribution in [3.8, 4) is 0 Å². The van der Waals surface area contributed by atoms with Crippen LogP contribution in [0.4, 0.5) is 13.6 Å². The highest BCUT2D eigenvalue weighted by atomic mass is 79.9. The van der Waals surface area contributed by atoms with Crippen LogP contribution < -0.4 is 0 Å². The molecule has 0 unspecified atom stereocenters. The molecule has 0 spiro atoms. The summed E-state index contributed by atoms with van der Waals surface area (Å²) in [5, 5.41) is 0. The number of nitrogens with zero attached hydrogens (tertiary/aromatic N) is 2. The molecule has 1 aromatic carbocycles. The van der Waals surface area contributed by atoms with Gasteiger partial charge in [0, 0.05) is 4.47 Å². The summed E-state index contributed by atoms with van der Waals surface area (Å²) < 4.78 is 32.7. The zero-order chi connectivity index (χ0) is 15.1. The second-order valence-electron chi connectivity index (χ2n) is 5.22.